The number of primary amides is 1. The highest BCUT2D eigenvalue weighted by Gasteiger charge is 2.37. The van der Waals surface area contributed by atoms with E-state index in [1.807, 2.05) is 45.9 Å². The van der Waals surface area contributed by atoms with Crippen molar-refractivity contribution >= 4 is 58.2 Å². The van der Waals surface area contributed by atoms with Crippen LogP contribution in [0.3, 0.4) is 0 Å². The van der Waals surface area contributed by atoms with Gasteiger partial charge in [0.05, 0.1) is 6.42 Å². The molecule has 1 saturated heterocycles. The molecule has 7 amide bonds. The third kappa shape index (κ3) is 13.3. The molecular formula is C39H59N9O9. The Bertz CT molecular complexity index is 1790. The minimum atomic E-state index is -1.64. The van der Waals surface area contributed by atoms with Gasteiger partial charge in [-0.3, -0.25) is 38.4 Å². The second kappa shape index (κ2) is 20.6. The molecular weight excluding hydrogens is 738 g/mol. The van der Waals surface area contributed by atoms with E-state index >= 15 is 0 Å². The molecule has 3 rings (SSSR count). The Morgan fingerprint density at radius 3 is 1.61 bits per heavy atom. The lowest BCUT2D eigenvalue weighted by molar-refractivity contribution is -0.140. The van der Waals surface area contributed by atoms with Gasteiger partial charge in [-0.25, -0.2) is 0 Å². The van der Waals surface area contributed by atoms with Gasteiger partial charge >= 0.3 is 5.97 Å². The number of aromatic nitrogens is 1. The average molecular weight is 798 g/mol. The zero-order valence-electron chi connectivity index (χ0n) is 33.6. The van der Waals surface area contributed by atoms with Crippen molar-refractivity contribution in [3.63, 3.8) is 0 Å². The molecule has 1 aromatic heterocycles. The van der Waals surface area contributed by atoms with Crippen LogP contribution in [-0.4, -0.2) is 99.7 Å². The number of hydrogen-bond donors (Lipinski definition) is 10. The van der Waals surface area contributed by atoms with Crippen molar-refractivity contribution in [3.05, 3.63) is 36.0 Å². The number of carboxylic acids is 1. The molecule has 1 aromatic carbocycles. The number of carbonyl (C=O) groups excluding carboxylic acids is 7. The predicted octanol–water partition coefficient (Wildman–Crippen LogP) is -0.305. The summed E-state index contributed by atoms with van der Waals surface area (Å²) < 4.78 is 0. The van der Waals surface area contributed by atoms with E-state index in [4.69, 9.17) is 11.5 Å². The first kappa shape index (κ1) is 45.9. The fraction of sp³-hybridized carbons (Fsp3) is 0.590. The number of amides is 7. The van der Waals surface area contributed by atoms with Crippen LogP contribution >= 0.6 is 0 Å². The van der Waals surface area contributed by atoms with E-state index in [0.717, 1.165) is 10.9 Å². The number of carbonyl (C=O) groups is 8. The molecule has 2 heterocycles. The Hall–Kier alpha value is -5.52. The van der Waals surface area contributed by atoms with Crippen LogP contribution in [0.2, 0.25) is 0 Å². The van der Waals surface area contributed by atoms with Crippen molar-refractivity contribution in [1.29, 1.82) is 0 Å². The minimum absolute atomic E-state index is 0.0855. The summed E-state index contributed by atoms with van der Waals surface area (Å²) in [5.41, 5.74) is 12.7. The molecule has 1 aliphatic heterocycles. The van der Waals surface area contributed by atoms with E-state index < -0.39 is 108 Å². The van der Waals surface area contributed by atoms with Gasteiger partial charge in [0, 0.05) is 23.5 Å². The van der Waals surface area contributed by atoms with E-state index in [0.29, 0.717) is 5.56 Å². The summed E-state index contributed by atoms with van der Waals surface area (Å²) >= 11 is 0. The second-order valence-corrected chi connectivity index (χ2v) is 16.1. The molecule has 1 fully saturated rings. The van der Waals surface area contributed by atoms with E-state index in [1.165, 1.54) is 6.92 Å². The maximum absolute atomic E-state index is 14.3. The molecule has 57 heavy (non-hydrogen) atoms. The van der Waals surface area contributed by atoms with Crippen molar-refractivity contribution in [1.82, 2.24) is 36.9 Å². The highest BCUT2D eigenvalue weighted by atomic mass is 16.4. The smallest absolute Gasteiger partial charge is 0.320 e. The average Bonchev–Trinajstić information content (AvgIpc) is 3.53. The molecule has 0 radical (unpaired) electrons. The van der Waals surface area contributed by atoms with Crippen LogP contribution in [0.1, 0.15) is 79.7 Å². The summed E-state index contributed by atoms with van der Waals surface area (Å²) in [5.74, 6) is -8.89. The number of nitrogens with two attached hydrogens (primary N) is 2. The first-order valence-corrected chi connectivity index (χ1v) is 19.3. The fourth-order valence-electron chi connectivity index (χ4n) is 6.68. The van der Waals surface area contributed by atoms with Crippen molar-refractivity contribution in [2.24, 2.45) is 35.1 Å². The van der Waals surface area contributed by atoms with E-state index in [2.05, 4.69) is 36.9 Å². The molecule has 18 heteroatoms. The van der Waals surface area contributed by atoms with Gasteiger partial charge in [0.15, 0.2) is 0 Å². The van der Waals surface area contributed by atoms with Crippen LogP contribution in [0.4, 0.5) is 0 Å². The number of benzene rings is 1. The molecule has 0 aliphatic carbocycles. The standard InChI is InChI=1S/C39H59N9O9/c1-18(2)12-25-33(50)44-26(13-19(3)4)37(54)48-32(20(5)6)38(55)47-29(16-30(40)49)36(53)45-27(14-21(7)31(41)39(56)57)34(51)46-28(35(52)43-25)15-22-17-42-24-11-9-8-10-23(22)24/h8-11,17-21,25-29,31-32,42H,12-16,41H2,1-7H3,(H2,40,49)(H,43,52)(H,44,50)(H,45,53)(H,46,51)(H,47,55)(H,48,54)(H,56,57)/t21-,25+,26-,27?,28+,29+,31+,32+/m1/s1. The maximum atomic E-state index is 14.3. The molecule has 1 unspecified atom stereocenters. The van der Waals surface area contributed by atoms with Crippen LogP contribution in [0.25, 0.3) is 10.9 Å². The number of hydrogen-bond acceptors (Lipinski definition) is 9. The lowest BCUT2D eigenvalue weighted by Crippen LogP contribution is -2.63. The minimum Gasteiger partial charge on any atom is -0.480 e. The fourth-order valence-corrected chi connectivity index (χ4v) is 6.68. The van der Waals surface area contributed by atoms with Gasteiger partial charge in [-0.15, -0.1) is 0 Å². The number of rotatable bonds is 13. The number of H-pyrrole nitrogens is 1. The van der Waals surface area contributed by atoms with Gasteiger partial charge in [0.2, 0.25) is 41.4 Å². The summed E-state index contributed by atoms with van der Waals surface area (Å²) in [6.07, 6.45) is 0.871. The van der Waals surface area contributed by atoms with Crippen molar-refractivity contribution < 1.29 is 43.5 Å². The summed E-state index contributed by atoms with van der Waals surface area (Å²) in [6.45, 7) is 12.1. The van der Waals surface area contributed by atoms with Crippen LogP contribution in [-0.2, 0) is 44.8 Å². The monoisotopic (exact) mass is 797 g/mol. The highest BCUT2D eigenvalue weighted by molar-refractivity contribution is 5.99. The van der Waals surface area contributed by atoms with Gasteiger partial charge in [0.25, 0.3) is 0 Å². The molecule has 12 N–H and O–H groups in total. The van der Waals surface area contributed by atoms with Crippen molar-refractivity contribution in [2.45, 2.75) is 123 Å². The van der Waals surface area contributed by atoms with E-state index in [9.17, 15) is 43.5 Å². The SMILES string of the molecule is CC(C)C[C@@H]1NC(=O)[C@H](Cc2c[nH]c3ccccc23)NC(=O)C(C[C@@H](C)[C@H](N)C(=O)O)NC(=O)[C@H](CC(N)=O)NC(=O)[C@H](C(C)C)NC(=O)[C@@H](CC(C)C)NC1=O. The largest absolute Gasteiger partial charge is 0.480 e. The van der Waals surface area contributed by atoms with Gasteiger partial charge in [0.1, 0.15) is 42.3 Å². The van der Waals surface area contributed by atoms with Crippen LogP contribution in [0.5, 0.6) is 0 Å². The molecule has 314 valence electrons. The molecule has 8 atom stereocenters. The zero-order valence-corrected chi connectivity index (χ0v) is 33.6. The topological polar surface area (TPSA) is 297 Å². The van der Waals surface area contributed by atoms with Crippen molar-refractivity contribution in [3.8, 4) is 0 Å². The Labute approximate surface area is 332 Å². The summed E-state index contributed by atoms with van der Waals surface area (Å²) in [7, 11) is 0. The Morgan fingerprint density at radius 1 is 0.649 bits per heavy atom. The molecule has 18 nitrogen and oxygen atoms in total. The molecule has 2 aromatic rings. The number of nitrogens with one attached hydrogen (secondary N) is 7. The molecule has 0 saturated carbocycles. The Morgan fingerprint density at radius 2 is 1.11 bits per heavy atom. The molecule has 0 bridgehead atoms. The van der Waals surface area contributed by atoms with Gasteiger partial charge < -0.3 is 53.5 Å². The molecule has 0 spiro atoms. The summed E-state index contributed by atoms with van der Waals surface area (Å²) in [6, 6.07) is -2.27. The van der Waals surface area contributed by atoms with Gasteiger partial charge in [-0.2, -0.15) is 0 Å². The number of aliphatic carboxylic acids is 1. The molecule has 1 aliphatic rings. The van der Waals surface area contributed by atoms with Crippen LogP contribution < -0.4 is 43.4 Å². The van der Waals surface area contributed by atoms with Crippen LogP contribution in [0.15, 0.2) is 30.5 Å². The lowest BCUT2D eigenvalue weighted by atomic mass is 9.93. The second-order valence-electron chi connectivity index (χ2n) is 16.1. The number of carboxylic acid groups (broad SMARTS) is 1. The third-order valence-electron chi connectivity index (χ3n) is 9.84. The van der Waals surface area contributed by atoms with Gasteiger partial charge in [-0.1, -0.05) is 66.7 Å². The summed E-state index contributed by atoms with van der Waals surface area (Å²) in [5, 5.41) is 26.2. The third-order valence-corrected chi connectivity index (χ3v) is 9.84. The zero-order chi connectivity index (χ0) is 42.7. The lowest BCUT2D eigenvalue weighted by Gasteiger charge is -2.31. The number of para-hydroxylation sites is 1. The van der Waals surface area contributed by atoms with Gasteiger partial charge in [-0.05, 0) is 54.6 Å². The maximum Gasteiger partial charge on any atom is 0.320 e. The Kier molecular flexibility index (Phi) is 16.6. The van der Waals surface area contributed by atoms with E-state index in [-0.39, 0.29) is 37.5 Å². The van der Waals surface area contributed by atoms with Crippen molar-refractivity contribution in [2.75, 3.05) is 0 Å². The first-order chi connectivity index (χ1) is 26.7. The number of aromatic amines is 1. The first-order valence-electron chi connectivity index (χ1n) is 19.3. The number of fused-ring (bicyclic) bond motifs is 1. The summed E-state index contributed by atoms with van der Waals surface area (Å²) in [4.78, 5) is 111. The normalized spacial score (nSPS) is 24.4. The van der Waals surface area contributed by atoms with E-state index in [1.54, 1.807) is 26.1 Å². The highest BCUT2D eigenvalue weighted by Crippen LogP contribution is 2.20. The quantitative estimate of drug-likeness (QED) is 0.126. The van der Waals surface area contributed by atoms with Crippen LogP contribution in [0, 0.1) is 23.7 Å². The predicted molar refractivity (Wildman–Crippen MR) is 211 cm³/mol. The Balaban J connectivity index is 2.20.